The highest BCUT2D eigenvalue weighted by molar-refractivity contribution is 7.99. The Labute approximate surface area is 264 Å². The zero-order chi connectivity index (χ0) is 32.0. The van der Waals surface area contributed by atoms with Crippen LogP contribution in [0.1, 0.15) is 25.7 Å². The summed E-state index contributed by atoms with van der Waals surface area (Å²) in [6, 6.07) is 0. The first kappa shape index (κ1) is 36.3. The summed E-state index contributed by atoms with van der Waals surface area (Å²) < 4.78 is 28.2. The third-order valence-corrected chi connectivity index (χ3v) is 9.73. The van der Waals surface area contributed by atoms with E-state index in [1.165, 1.54) is 0 Å². The normalized spacial score (nSPS) is 45.1. The summed E-state index contributed by atoms with van der Waals surface area (Å²) in [5.74, 6) is 0.972. The van der Waals surface area contributed by atoms with Gasteiger partial charge in [0.05, 0.1) is 25.4 Å². The Morgan fingerprint density at radius 2 is 1.52 bits per heavy atom. The van der Waals surface area contributed by atoms with Crippen LogP contribution in [0, 0.1) is 5.92 Å². The van der Waals surface area contributed by atoms with Gasteiger partial charge in [-0.15, -0.1) is 0 Å². The van der Waals surface area contributed by atoms with Gasteiger partial charge in [0.25, 0.3) is 0 Å². The summed E-state index contributed by atoms with van der Waals surface area (Å²) in [5.41, 5.74) is 0. The van der Waals surface area contributed by atoms with Gasteiger partial charge in [0, 0.05) is 30.6 Å². The van der Waals surface area contributed by atoms with Gasteiger partial charge in [-0.2, -0.15) is 11.8 Å². The predicted octanol–water partition coefficient (Wildman–Crippen LogP) is -4.54. The van der Waals surface area contributed by atoms with E-state index in [0.717, 1.165) is 25.7 Å². The van der Waals surface area contributed by atoms with Crippen LogP contribution in [0.25, 0.3) is 0 Å². The Balaban J connectivity index is 1.22. The fourth-order valence-corrected chi connectivity index (χ4v) is 7.02. The lowest BCUT2D eigenvalue weighted by Gasteiger charge is -2.46. The molecule has 5 rings (SSSR count). The van der Waals surface area contributed by atoms with Crippen LogP contribution in [0.15, 0.2) is 0 Å². The SMILES string of the molecule is OCC1O[C@@H](O[C@H]2C(CO)O[C@@H](NC(=S)NCCSCC3O[C@H]4OCCCCCC3[C@H](O)[C@H]4O)[C@H](O)C2O)[C@H](O)C(O)[C@H]1O. The predicted molar refractivity (Wildman–Crippen MR) is 156 cm³/mol. The molecule has 0 radical (unpaired) electrons. The van der Waals surface area contributed by atoms with Crippen molar-refractivity contribution in [2.75, 3.05) is 37.9 Å². The van der Waals surface area contributed by atoms with Crippen molar-refractivity contribution in [3.8, 4) is 0 Å². The van der Waals surface area contributed by atoms with E-state index in [0.29, 0.717) is 24.7 Å². The Hall–Kier alpha value is -0.520. The van der Waals surface area contributed by atoms with Crippen molar-refractivity contribution in [2.45, 2.75) is 112 Å². The standard InChI is InChI=1S/C26H46N2O14S2/c29-8-12-16(32)17(33)21(37)25(40-12)42-22-13(9-30)39-23(19(35)18(22)34)28-26(43)27-5-7-44-10-14-11-4-2-1-3-6-38-24(41-14)20(36)15(11)31/h11-25,29-37H,1-10H2,(H2,27,28,43)/t11?,12?,13?,14?,15-,16-,17?,18?,19+,20+,21+,22-,23+,24+,25-/m0/s1. The zero-order valence-electron chi connectivity index (χ0n) is 24.1. The van der Waals surface area contributed by atoms with Gasteiger partial charge in [0.2, 0.25) is 0 Å². The molecular weight excluding hydrogens is 628 g/mol. The van der Waals surface area contributed by atoms with E-state index in [9.17, 15) is 46.0 Å². The smallest absolute Gasteiger partial charge is 0.187 e. The molecule has 5 saturated heterocycles. The quantitative estimate of drug-likeness (QED) is 0.0771. The van der Waals surface area contributed by atoms with Crippen LogP contribution in [0.2, 0.25) is 0 Å². The van der Waals surface area contributed by atoms with E-state index in [1.54, 1.807) is 11.8 Å². The highest BCUT2D eigenvalue weighted by Gasteiger charge is 2.50. The molecule has 0 spiro atoms. The Kier molecular flexibility index (Phi) is 14.1. The Bertz CT molecular complexity index is 894. The number of aliphatic hydroxyl groups is 9. The van der Waals surface area contributed by atoms with E-state index in [2.05, 4.69) is 10.6 Å². The lowest BCUT2D eigenvalue weighted by Crippen LogP contribution is -2.67. The Morgan fingerprint density at radius 3 is 2.25 bits per heavy atom. The molecule has 0 amide bonds. The second kappa shape index (κ2) is 17.0. The second-order valence-corrected chi connectivity index (χ2v) is 13.0. The summed E-state index contributed by atoms with van der Waals surface area (Å²) in [7, 11) is 0. The molecule has 6 unspecified atom stereocenters. The van der Waals surface area contributed by atoms with E-state index in [4.69, 9.17) is 35.9 Å². The van der Waals surface area contributed by atoms with Crippen molar-refractivity contribution in [3.05, 3.63) is 0 Å². The number of hydrogen-bond acceptors (Lipinski definition) is 16. The maximum absolute atomic E-state index is 10.8. The maximum Gasteiger partial charge on any atom is 0.187 e. The van der Waals surface area contributed by atoms with Crippen LogP contribution in [-0.2, 0) is 23.7 Å². The molecule has 0 aromatic heterocycles. The summed E-state index contributed by atoms with van der Waals surface area (Å²) in [4.78, 5) is 0. The molecule has 5 aliphatic rings. The van der Waals surface area contributed by atoms with Gasteiger partial charge in [0.1, 0.15) is 54.9 Å². The first-order valence-corrected chi connectivity index (χ1v) is 16.5. The van der Waals surface area contributed by atoms with Gasteiger partial charge in [0.15, 0.2) is 23.9 Å². The molecule has 5 heterocycles. The van der Waals surface area contributed by atoms with Crippen LogP contribution < -0.4 is 10.6 Å². The number of thiocarbonyl (C=S) groups is 1. The first-order valence-electron chi connectivity index (χ1n) is 14.9. The molecule has 2 bridgehead atoms. The largest absolute Gasteiger partial charge is 0.394 e. The topological polar surface area (TPSA) is 252 Å². The highest BCUT2D eigenvalue weighted by atomic mass is 32.2. The van der Waals surface area contributed by atoms with Gasteiger partial charge in [-0.05, 0) is 25.1 Å². The number of ether oxygens (including phenoxy) is 5. The zero-order valence-corrected chi connectivity index (χ0v) is 25.7. The molecule has 5 aliphatic heterocycles. The van der Waals surface area contributed by atoms with Gasteiger partial charge < -0.3 is 80.3 Å². The summed E-state index contributed by atoms with van der Waals surface area (Å²) in [6.45, 7) is -0.471. The van der Waals surface area contributed by atoms with Crippen LogP contribution in [0.3, 0.4) is 0 Å². The average Bonchev–Trinajstić information content (AvgIpc) is 3.01. The van der Waals surface area contributed by atoms with E-state index < -0.39 is 93.1 Å². The molecule has 256 valence electrons. The molecule has 44 heavy (non-hydrogen) atoms. The number of fused-ring (bicyclic) bond motifs is 7. The molecule has 15 atom stereocenters. The van der Waals surface area contributed by atoms with E-state index in [1.807, 2.05) is 0 Å². The minimum absolute atomic E-state index is 0.104. The number of aliphatic hydroxyl groups excluding tert-OH is 9. The average molecular weight is 675 g/mol. The molecule has 5 fully saturated rings. The number of rotatable bonds is 10. The van der Waals surface area contributed by atoms with Crippen molar-refractivity contribution < 1.29 is 69.6 Å². The van der Waals surface area contributed by atoms with Gasteiger partial charge in [-0.25, -0.2) is 0 Å². The van der Waals surface area contributed by atoms with Gasteiger partial charge >= 0.3 is 0 Å². The summed E-state index contributed by atoms with van der Waals surface area (Å²) in [5, 5.41) is 97.8. The Morgan fingerprint density at radius 1 is 0.773 bits per heavy atom. The van der Waals surface area contributed by atoms with E-state index in [-0.39, 0.29) is 17.1 Å². The monoisotopic (exact) mass is 674 g/mol. The lowest BCUT2D eigenvalue weighted by atomic mass is 9.85. The fraction of sp³-hybridized carbons (Fsp3) is 0.962. The fourth-order valence-electron chi connectivity index (χ4n) is 5.83. The van der Waals surface area contributed by atoms with Crippen LogP contribution in [-0.4, -0.2) is 175 Å². The molecule has 11 N–H and O–H groups in total. The van der Waals surface area contributed by atoms with Crippen molar-refractivity contribution in [2.24, 2.45) is 5.92 Å². The number of hydrogen-bond donors (Lipinski definition) is 11. The molecule has 16 nitrogen and oxygen atoms in total. The molecule has 0 aliphatic carbocycles. The van der Waals surface area contributed by atoms with Crippen LogP contribution in [0.5, 0.6) is 0 Å². The van der Waals surface area contributed by atoms with Crippen LogP contribution >= 0.6 is 24.0 Å². The first-order chi connectivity index (χ1) is 21.1. The summed E-state index contributed by atoms with van der Waals surface area (Å²) in [6.07, 6.45) is -14.7. The number of thioether (sulfide) groups is 1. The van der Waals surface area contributed by atoms with Crippen molar-refractivity contribution in [1.29, 1.82) is 0 Å². The molecule has 18 heteroatoms. The van der Waals surface area contributed by atoms with E-state index >= 15 is 0 Å². The van der Waals surface area contributed by atoms with Crippen LogP contribution in [0.4, 0.5) is 0 Å². The summed E-state index contributed by atoms with van der Waals surface area (Å²) >= 11 is 6.87. The number of nitrogens with one attached hydrogen (secondary N) is 2. The molecule has 0 aromatic carbocycles. The minimum Gasteiger partial charge on any atom is -0.394 e. The highest BCUT2D eigenvalue weighted by Crippen LogP contribution is 2.34. The lowest BCUT2D eigenvalue weighted by molar-refractivity contribution is -0.342. The third kappa shape index (κ3) is 8.68. The van der Waals surface area contributed by atoms with Crippen molar-refractivity contribution in [3.63, 3.8) is 0 Å². The second-order valence-electron chi connectivity index (χ2n) is 11.4. The van der Waals surface area contributed by atoms with Crippen molar-refractivity contribution >= 4 is 29.1 Å². The molecule has 0 saturated carbocycles. The molecular formula is C26H46N2O14S2. The third-order valence-electron chi connectivity index (χ3n) is 8.41. The van der Waals surface area contributed by atoms with Gasteiger partial charge in [-0.3, -0.25) is 0 Å². The van der Waals surface area contributed by atoms with Crippen molar-refractivity contribution in [1.82, 2.24) is 10.6 Å². The minimum atomic E-state index is -1.75. The van der Waals surface area contributed by atoms with Gasteiger partial charge in [-0.1, -0.05) is 12.8 Å². The maximum atomic E-state index is 10.8. The molecule has 0 aromatic rings.